The maximum Gasteiger partial charge on any atom is 0.227 e. The summed E-state index contributed by atoms with van der Waals surface area (Å²) in [5.74, 6) is 0.874. The van der Waals surface area contributed by atoms with E-state index in [0.717, 1.165) is 22.5 Å². The molecule has 0 saturated heterocycles. The van der Waals surface area contributed by atoms with Crippen LogP contribution in [0.5, 0.6) is 0 Å². The minimum Gasteiger partial charge on any atom is -0.331 e. The van der Waals surface area contributed by atoms with Gasteiger partial charge in [0.05, 0.1) is 17.1 Å². The van der Waals surface area contributed by atoms with Crippen LogP contribution in [0, 0.1) is 18.3 Å². The molecular weight excluding hydrogens is 240 g/mol. The largest absolute Gasteiger partial charge is 0.331 e. The molecule has 0 atom stereocenters. The van der Waals surface area contributed by atoms with E-state index in [4.69, 9.17) is 5.26 Å². The Morgan fingerprint density at radius 1 is 1.53 bits per heavy atom. The number of fused-ring (bicyclic) bond motifs is 1. The van der Waals surface area contributed by atoms with Gasteiger partial charge in [-0.2, -0.15) is 5.26 Å². The van der Waals surface area contributed by atoms with Crippen molar-refractivity contribution < 1.29 is 4.79 Å². The molecule has 2 aromatic rings. The van der Waals surface area contributed by atoms with Gasteiger partial charge in [-0.25, -0.2) is 4.98 Å². The lowest BCUT2D eigenvalue weighted by Gasteiger charge is -2.16. The number of amides is 1. The van der Waals surface area contributed by atoms with E-state index in [9.17, 15) is 4.79 Å². The normalized spacial score (nSPS) is 10.4. The molecule has 2 rings (SSSR count). The average molecular weight is 256 g/mol. The quantitative estimate of drug-likeness (QED) is 0.845. The Labute approximate surface area is 112 Å². The van der Waals surface area contributed by atoms with Crippen molar-refractivity contribution in [2.24, 2.45) is 7.05 Å². The van der Waals surface area contributed by atoms with Gasteiger partial charge in [-0.1, -0.05) is 0 Å². The molecule has 0 radical (unpaired) electrons. The Hall–Kier alpha value is -2.35. The van der Waals surface area contributed by atoms with Crippen LogP contribution in [0.1, 0.15) is 18.7 Å². The van der Waals surface area contributed by atoms with Gasteiger partial charge in [-0.15, -0.1) is 0 Å². The van der Waals surface area contributed by atoms with E-state index in [0.29, 0.717) is 0 Å². The predicted octanol–water partition coefficient (Wildman–Crippen LogP) is 2.15. The van der Waals surface area contributed by atoms with Gasteiger partial charge in [-0.05, 0) is 25.1 Å². The molecule has 1 aromatic carbocycles. The van der Waals surface area contributed by atoms with Crippen LogP contribution < -0.4 is 4.90 Å². The fraction of sp³-hybridized carbons (Fsp3) is 0.357. The number of nitriles is 1. The molecule has 5 nitrogen and oxygen atoms in total. The molecule has 19 heavy (non-hydrogen) atoms. The molecule has 1 amide bonds. The SMILES string of the molecule is Cc1nc2cc(N(C)C(=O)CCC#N)ccc2n1C. The molecule has 0 unspecified atom stereocenters. The molecule has 0 aliphatic carbocycles. The van der Waals surface area contributed by atoms with Crippen molar-refractivity contribution in [1.82, 2.24) is 9.55 Å². The van der Waals surface area contributed by atoms with E-state index in [1.807, 2.05) is 42.8 Å². The van der Waals surface area contributed by atoms with Gasteiger partial charge in [0.25, 0.3) is 0 Å². The minimum absolute atomic E-state index is 0.0615. The van der Waals surface area contributed by atoms with Gasteiger partial charge in [-0.3, -0.25) is 4.79 Å². The number of nitrogens with zero attached hydrogens (tertiary/aromatic N) is 4. The molecule has 0 spiro atoms. The first-order valence-electron chi connectivity index (χ1n) is 6.11. The van der Waals surface area contributed by atoms with Gasteiger partial charge in [0.2, 0.25) is 5.91 Å². The number of carbonyl (C=O) groups is 1. The second kappa shape index (κ2) is 5.11. The van der Waals surface area contributed by atoms with Gasteiger partial charge in [0, 0.05) is 32.6 Å². The summed E-state index contributed by atoms with van der Waals surface area (Å²) >= 11 is 0. The number of aromatic nitrogens is 2. The lowest BCUT2D eigenvalue weighted by Crippen LogP contribution is -2.25. The van der Waals surface area contributed by atoms with E-state index in [1.165, 1.54) is 0 Å². The second-order valence-corrected chi connectivity index (χ2v) is 4.50. The van der Waals surface area contributed by atoms with Crippen LogP contribution in [-0.4, -0.2) is 22.5 Å². The first-order chi connectivity index (χ1) is 9.04. The summed E-state index contributed by atoms with van der Waals surface area (Å²) in [6.45, 7) is 1.95. The lowest BCUT2D eigenvalue weighted by atomic mass is 10.2. The number of carbonyl (C=O) groups excluding carboxylic acids is 1. The standard InChI is InChI=1S/C14H16N4O/c1-10-16-12-9-11(6-7-13(12)17(10)2)18(3)14(19)5-4-8-15/h6-7,9H,4-5H2,1-3H3. The molecule has 0 saturated carbocycles. The van der Waals surface area contributed by atoms with Crippen molar-refractivity contribution in [3.8, 4) is 6.07 Å². The number of anilines is 1. The van der Waals surface area contributed by atoms with Gasteiger partial charge < -0.3 is 9.47 Å². The van der Waals surface area contributed by atoms with Crippen molar-refractivity contribution >= 4 is 22.6 Å². The number of imidazole rings is 1. The Balaban J connectivity index is 2.31. The van der Waals surface area contributed by atoms with E-state index >= 15 is 0 Å². The molecule has 5 heteroatoms. The van der Waals surface area contributed by atoms with E-state index in [2.05, 4.69) is 4.98 Å². The zero-order valence-corrected chi connectivity index (χ0v) is 11.3. The third kappa shape index (κ3) is 2.43. The zero-order chi connectivity index (χ0) is 14.0. The Bertz CT molecular complexity index is 666. The number of hydrogen-bond acceptors (Lipinski definition) is 3. The smallest absolute Gasteiger partial charge is 0.227 e. The summed E-state index contributed by atoms with van der Waals surface area (Å²) in [7, 11) is 3.68. The third-order valence-electron chi connectivity index (χ3n) is 3.30. The maximum absolute atomic E-state index is 11.9. The highest BCUT2D eigenvalue weighted by Gasteiger charge is 2.12. The molecule has 1 aromatic heterocycles. The molecular formula is C14H16N4O. The zero-order valence-electron chi connectivity index (χ0n) is 11.3. The Morgan fingerprint density at radius 2 is 2.26 bits per heavy atom. The van der Waals surface area contributed by atoms with Gasteiger partial charge in [0.15, 0.2) is 0 Å². The summed E-state index contributed by atoms with van der Waals surface area (Å²) in [6, 6.07) is 7.73. The first kappa shape index (κ1) is 13.1. The third-order valence-corrected chi connectivity index (χ3v) is 3.30. The first-order valence-corrected chi connectivity index (χ1v) is 6.11. The molecule has 0 aliphatic heterocycles. The van der Waals surface area contributed by atoms with Crippen LogP contribution in [0.3, 0.4) is 0 Å². The number of aryl methyl sites for hydroxylation is 2. The molecule has 0 aliphatic rings. The van der Waals surface area contributed by atoms with E-state index in [-0.39, 0.29) is 18.7 Å². The fourth-order valence-corrected chi connectivity index (χ4v) is 1.99. The highest BCUT2D eigenvalue weighted by molar-refractivity contribution is 5.95. The molecule has 1 heterocycles. The van der Waals surface area contributed by atoms with Crippen LogP contribution in [0.4, 0.5) is 5.69 Å². The summed E-state index contributed by atoms with van der Waals surface area (Å²) in [5.41, 5.74) is 2.71. The van der Waals surface area contributed by atoms with Crippen molar-refractivity contribution in [2.45, 2.75) is 19.8 Å². The topological polar surface area (TPSA) is 61.9 Å². The number of benzene rings is 1. The van der Waals surface area contributed by atoms with Crippen molar-refractivity contribution in [1.29, 1.82) is 5.26 Å². The Morgan fingerprint density at radius 3 is 2.95 bits per heavy atom. The summed E-state index contributed by atoms with van der Waals surface area (Å²) in [5, 5.41) is 8.51. The van der Waals surface area contributed by atoms with E-state index in [1.54, 1.807) is 11.9 Å². The minimum atomic E-state index is -0.0615. The van der Waals surface area contributed by atoms with Crippen LogP contribution in [0.2, 0.25) is 0 Å². The van der Waals surface area contributed by atoms with Crippen molar-refractivity contribution in [3.63, 3.8) is 0 Å². The second-order valence-electron chi connectivity index (χ2n) is 4.50. The lowest BCUT2D eigenvalue weighted by molar-refractivity contribution is -0.118. The average Bonchev–Trinajstić information content (AvgIpc) is 2.70. The van der Waals surface area contributed by atoms with E-state index < -0.39 is 0 Å². The highest BCUT2D eigenvalue weighted by atomic mass is 16.2. The van der Waals surface area contributed by atoms with Crippen LogP contribution in [0.15, 0.2) is 18.2 Å². The Kier molecular flexibility index (Phi) is 3.52. The molecule has 0 N–H and O–H groups in total. The number of rotatable bonds is 3. The van der Waals surface area contributed by atoms with Gasteiger partial charge >= 0.3 is 0 Å². The summed E-state index contributed by atoms with van der Waals surface area (Å²) < 4.78 is 2.01. The maximum atomic E-state index is 11.9. The van der Waals surface area contributed by atoms with Crippen molar-refractivity contribution in [2.75, 3.05) is 11.9 Å². The highest BCUT2D eigenvalue weighted by Crippen LogP contribution is 2.22. The van der Waals surface area contributed by atoms with Crippen LogP contribution >= 0.6 is 0 Å². The molecule has 98 valence electrons. The summed E-state index contributed by atoms with van der Waals surface area (Å²) in [6.07, 6.45) is 0.487. The van der Waals surface area contributed by atoms with Crippen LogP contribution in [-0.2, 0) is 11.8 Å². The van der Waals surface area contributed by atoms with Crippen molar-refractivity contribution in [3.05, 3.63) is 24.0 Å². The van der Waals surface area contributed by atoms with Crippen LogP contribution in [0.25, 0.3) is 11.0 Å². The number of hydrogen-bond donors (Lipinski definition) is 0. The fourth-order valence-electron chi connectivity index (χ4n) is 1.99. The monoisotopic (exact) mass is 256 g/mol. The summed E-state index contributed by atoms with van der Waals surface area (Å²) in [4.78, 5) is 17.9. The predicted molar refractivity (Wildman–Crippen MR) is 73.7 cm³/mol. The molecule has 0 bridgehead atoms. The molecule has 0 fully saturated rings. The van der Waals surface area contributed by atoms with Gasteiger partial charge in [0.1, 0.15) is 5.82 Å².